The van der Waals surface area contributed by atoms with E-state index in [2.05, 4.69) is 20.3 Å². The molecule has 1 aliphatic rings. The summed E-state index contributed by atoms with van der Waals surface area (Å²) in [6, 6.07) is 3.88. The van der Waals surface area contributed by atoms with Crippen molar-refractivity contribution in [2.45, 2.75) is 25.8 Å². The molecule has 1 fully saturated rings. The van der Waals surface area contributed by atoms with Crippen LogP contribution in [0.15, 0.2) is 23.2 Å². The third-order valence-electron chi connectivity index (χ3n) is 4.10. The van der Waals surface area contributed by atoms with Gasteiger partial charge in [-0.2, -0.15) is 0 Å². The van der Waals surface area contributed by atoms with Gasteiger partial charge in [0.05, 0.1) is 6.26 Å². The van der Waals surface area contributed by atoms with E-state index in [0.29, 0.717) is 45.1 Å². The van der Waals surface area contributed by atoms with Crippen molar-refractivity contribution in [1.82, 2.24) is 15.4 Å². The third-order valence-corrected chi connectivity index (χ3v) is 4.82. The first kappa shape index (κ1) is 24.8. The van der Waals surface area contributed by atoms with Gasteiger partial charge < -0.3 is 15.5 Å². The predicted molar refractivity (Wildman–Crippen MR) is 119 cm³/mol. The number of halogens is 3. The summed E-state index contributed by atoms with van der Waals surface area (Å²) < 4.78 is 52.4. The van der Waals surface area contributed by atoms with E-state index in [0.717, 1.165) is 12.7 Å². The molecule has 0 saturated carbocycles. The lowest BCUT2D eigenvalue weighted by Gasteiger charge is -2.21. The molecule has 1 aliphatic heterocycles. The average molecular weight is 531 g/mol. The van der Waals surface area contributed by atoms with Crippen LogP contribution in [0.1, 0.15) is 19.8 Å². The maximum Gasteiger partial charge on any atom is 0.208 e. The van der Waals surface area contributed by atoms with Crippen LogP contribution < -0.4 is 20.3 Å². The molecule has 1 atom stereocenters. The molecule has 2 rings (SSSR count). The van der Waals surface area contributed by atoms with E-state index >= 15 is 0 Å². The van der Waals surface area contributed by atoms with E-state index in [1.54, 1.807) is 4.90 Å². The van der Waals surface area contributed by atoms with Crippen molar-refractivity contribution < 1.29 is 17.2 Å². The number of benzene rings is 1. The standard InChI is InChI=1S/C17H27F2N5O2S.HI/c1-3-20-17(21-9-5-10-22-27(2,25)26)23-13-8-11-24(12-13)16-14(18)6-4-7-15(16)19;/h4,6-7,13,22H,3,5,8-12H2,1-2H3,(H2,20,21,23);1H. The summed E-state index contributed by atoms with van der Waals surface area (Å²) in [6.07, 6.45) is 2.42. The maximum atomic E-state index is 13.9. The molecule has 0 spiro atoms. The lowest BCUT2D eigenvalue weighted by atomic mass is 10.2. The summed E-state index contributed by atoms with van der Waals surface area (Å²) in [5, 5.41) is 6.40. The molecule has 7 nitrogen and oxygen atoms in total. The van der Waals surface area contributed by atoms with Gasteiger partial charge in [0.1, 0.15) is 17.3 Å². The Hall–Kier alpha value is -1.21. The lowest BCUT2D eigenvalue weighted by Crippen LogP contribution is -2.44. The topological polar surface area (TPSA) is 85.8 Å². The zero-order chi connectivity index (χ0) is 19.9. The maximum absolute atomic E-state index is 13.9. The van der Waals surface area contributed by atoms with Gasteiger partial charge in [-0.3, -0.25) is 4.99 Å². The molecule has 0 amide bonds. The zero-order valence-corrected chi connectivity index (χ0v) is 19.2. The minimum atomic E-state index is -3.19. The van der Waals surface area contributed by atoms with Crippen LogP contribution in [-0.4, -0.2) is 59.4 Å². The number of aliphatic imine (C=N–C) groups is 1. The van der Waals surface area contributed by atoms with E-state index in [9.17, 15) is 17.2 Å². The van der Waals surface area contributed by atoms with Gasteiger partial charge in [-0.15, -0.1) is 24.0 Å². The highest BCUT2D eigenvalue weighted by Gasteiger charge is 2.27. The van der Waals surface area contributed by atoms with Crippen molar-refractivity contribution in [1.29, 1.82) is 0 Å². The first-order chi connectivity index (χ1) is 12.8. The Balaban J connectivity index is 0.00000392. The largest absolute Gasteiger partial charge is 0.365 e. The number of sulfonamides is 1. The van der Waals surface area contributed by atoms with Crippen molar-refractivity contribution >= 4 is 45.6 Å². The van der Waals surface area contributed by atoms with Crippen molar-refractivity contribution in [3.8, 4) is 0 Å². The number of anilines is 1. The minimum Gasteiger partial charge on any atom is -0.365 e. The van der Waals surface area contributed by atoms with Crippen LogP contribution in [0, 0.1) is 11.6 Å². The van der Waals surface area contributed by atoms with Gasteiger partial charge in [0, 0.05) is 38.8 Å². The fourth-order valence-corrected chi connectivity index (χ4v) is 3.43. The minimum absolute atomic E-state index is 0. The molecule has 11 heteroatoms. The molecule has 1 heterocycles. The van der Waals surface area contributed by atoms with Gasteiger partial charge in [0.25, 0.3) is 0 Å². The Morgan fingerprint density at radius 1 is 1.32 bits per heavy atom. The van der Waals surface area contributed by atoms with Crippen LogP contribution in [0.3, 0.4) is 0 Å². The molecule has 1 saturated heterocycles. The normalized spacial score (nSPS) is 17.4. The van der Waals surface area contributed by atoms with Gasteiger partial charge in [-0.25, -0.2) is 21.9 Å². The zero-order valence-electron chi connectivity index (χ0n) is 16.0. The van der Waals surface area contributed by atoms with E-state index in [1.807, 2.05) is 6.92 Å². The Bertz CT molecular complexity index is 744. The summed E-state index contributed by atoms with van der Waals surface area (Å²) in [7, 11) is -3.19. The molecule has 1 aromatic carbocycles. The fraction of sp³-hybridized carbons (Fsp3) is 0.588. The van der Waals surface area contributed by atoms with Crippen molar-refractivity contribution in [2.75, 3.05) is 43.9 Å². The van der Waals surface area contributed by atoms with Crippen LogP contribution in [0.25, 0.3) is 0 Å². The van der Waals surface area contributed by atoms with E-state index < -0.39 is 21.7 Å². The van der Waals surface area contributed by atoms with Crippen LogP contribution >= 0.6 is 24.0 Å². The Kier molecular flexibility index (Phi) is 10.4. The lowest BCUT2D eigenvalue weighted by molar-refractivity contribution is 0.576. The molecule has 3 N–H and O–H groups in total. The molecule has 1 aromatic rings. The number of nitrogens with one attached hydrogen (secondary N) is 3. The van der Waals surface area contributed by atoms with Gasteiger partial charge >= 0.3 is 0 Å². The Morgan fingerprint density at radius 2 is 2.00 bits per heavy atom. The summed E-state index contributed by atoms with van der Waals surface area (Å²) >= 11 is 0. The number of rotatable bonds is 8. The Morgan fingerprint density at radius 3 is 2.61 bits per heavy atom. The van der Waals surface area contributed by atoms with Crippen molar-refractivity contribution in [2.24, 2.45) is 4.99 Å². The van der Waals surface area contributed by atoms with Gasteiger partial charge in [-0.1, -0.05) is 6.07 Å². The number of para-hydroxylation sites is 1. The SMILES string of the molecule is CCNC(=NCCCNS(C)(=O)=O)NC1CCN(c2c(F)cccc2F)C1.I. The van der Waals surface area contributed by atoms with E-state index in [1.165, 1.54) is 18.2 Å². The highest BCUT2D eigenvalue weighted by atomic mass is 127. The molecule has 0 radical (unpaired) electrons. The summed E-state index contributed by atoms with van der Waals surface area (Å²) in [5.41, 5.74) is 0.00980. The molecule has 1 unspecified atom stereocenters. The molecule has 0 aromatic heterocycles. The van der Waals surface area contributed by atoms with Crippen LogP contribution in [0.4, 0.5) is 14.5 Å². The smallest absolute Gasteiger partial charge is 0.208 e. The number of nitrogens with zero attached hydrogens (tertiary/aromatic N) is 2. The van der Waals surface area contributed by atoms with Crippen LogP contribution in [0.2, 0.25) is 0 Å². The van der Waals surface area contributed by atoms with E-state index in [4.69, 9.17) is 0 Å². The van der Waals surface area contributed by atoms with Gasteiger partial charge in [0.15, 0.2) is 5.96 Å². The van der Waals surface area contributed by atoms with E-state index in [-0.39, 0.29) is 35.7 Å². The molecular weight excluding hydrogens is 503 g/mol. The first-order valence-electron chi connectivity index (χ1n) is 8.98. The monoisotopic (exact) mass is 531 g/mol. The quantitative estimate of drug-likeness (QED) is 0.206. The molecule has 0 bridgehead atoms. The summed E-state index contributed by atoms with van der Waals surface area (Å²) in [5.74, 6) is -0.512. The highest BCUT2D eigenvalue weighted by Crippen LogP contribution is 2.26. The highest BCUT2D eigenvalue weighted by molar-refractivity contribution is 14.0. The molecule has 28 heavy (non-hydrogen) atoms. The first-order valence-corrected chi connectivity index (χ1v) is 10.9. The summed E-state index contributed by atoms with van der Waals surface area (Å²) in [4.78, 5) is 6.12. The Labute approximate surface area is 182 Å². The van der Waals surface area contributed by atoms with Crippen LogP contribution in [0.5, 0.6) is 0 Å². The van der Waals surface area contributed by atoms with Crippen molar-refractivity contribution in [3.05, 3.63) is 29.8 Å². The van der Waals surface area contributed by atoms with Gasteiger partial charge in [0.2, 0.25) is 10.0 Å². The third kappa shape index (κ3) is 8.03. The van der Waals surface area contributed by atoms with Crippen molar-refractivity contribution in [3.63, 3.8) is 0 Å². The molecule has 0 aliphatic carbocycles. The molecular formula is C17H28F2IN5O2S. The fourth-order valence-electron chi connectivity index (χ4n) is 2.91. The second-order valence-electron chi connectivity index (χ2n) is 6.43. The number of hydrogen-bond acceptors (Lipinski definition) is 4. The predicted octanol–water partition coefficient (Wildman–Crippen LogP) is 1.66. The number of guanidine groups is 1. The van der Waals surface area contributed by atoms with Crippen LogP contribution in [-0.2, 0) is 10.0 Å². The van der Waals surface area contributed by atoms with Gasteiger partial charge in [-0.05, 0) is 31.9 Å². The second kappa shape index (κ2) is 11.7. The second-order valence-corrected chi connectivity index (χ2v) is 8.26. The number of hydrogen-bond donors (Lipinski definition) is 3. The average Bonchev–Trinajstić information content (AvgIpc) is 3.01. The summed E-state index contributed by atoms with van der Waals surface area (Å²) in [6.45, 7) is 4.41. The molecule has 160 valence electrons.